The molecule has 0 unspecified atom stereocenters. The van der Waals surface area contributed by atoms with E-state index in [1.807, 2.05) is 30.3 Å². The monoisotopic (exact) mass is 386 g/mol. The number of carbonyl (C=O) groups is 1. The highest BCUT2D eigenvalue weighted by molar-refractivity contribution is 9.10. The summed E-state index contributed by atoms with van der Waals surface area (Å²) in [6, 6.07) is 11.3. The Morgan fingerprint density at radius 2 is 2.12 bits per heavy atom. The van der Waals surface area contributed by atoms with Crippen LogP contribution in [0.4, 0.5) is 0 Å². The first-order valence-electron chi connectivity index (χ1n) is 7.51. The molecule has 0 aliphatic heterocycles. The summed E-state index contributed by atoms with van der Waals surface area (Å²) < 4.78 is 5.69. The van der Waals surface area contributed by atoms with Gasteiger partial charge in [-0.2, -0.15) is 0 Å². The quantitative estimate of drug-likeness (QED) is 0.550. The predicted octanol–water partition coefficient (Wildman–Crippen LogP) is 3.45. The van der Waals surface area contributed by atoms with Crippen LogP contribution in [0.2, 0.25) is 0 Å². The minimum atomic E-state index is -0.611. The van der Waals surface area contributed by atoms with E-state index in [-0.39, 0.29) is 17.6 Å². The second kappa shape index (κ2) is 6.97. The summed E-state index contributed by atoms with van der Waals surface area (Å²) in [7, 11) is 0. The van der Waals surface area contributed by atoms with Crippen molar-refractivity contribution >= 4 is 32.8 Å². The number of aromatic nitrogens is 2. The van der Waals surface area contributed by atoms with Gasteiger partial charge in [0.1, 0.15) is 10.2 Å². The molecular formula is C18H15BrN2O3. The first-order chi connectivity index (χ1) is 11.6. The zero-order valence-electron chi connectivity index (χ0n) is 13.0. The second-order valence-corrected chi connectivity index (χ2v) is 6.07. The number of rotatable bonds is 4. The van der Waals surface area contributed by atoms with Gasteiger partial charge in [0.2, 0.25) is 5.43 Å². The number of nitrogens with zero attached hydrogens (tertiary/aromatic N) is 1. The summed E-state index contributed by atoms with van der Waals surface area (Å²) in [6.07, 6.45) is 2.00. The Morgan fingerprint density at radius 1 is 1.29 bits per heavy atom. The molecule has 0 spiro atoms. The van der Waals surface area contributed by atoms with Crippen molar-refractivity contribution in [2.75, 3.05) is 6.61 Å². The molecule has 6 heteroatoms. The third-order valence-corrected chi connectivity index (χ3v) is 4.04. The minimum absolute atomic E-state index is 0.0158. The number of aromatic amines is 1. The van der Waals surface area contributed by atoms with Crippen molar-refractivity contribution in [2.24, 2.45) is 0 Å². The van der Waals surface area contributed by atoms with Crippen molar-refractivity contribution in [3.05, 3.63) is 74.2 Å². The number of carbonyl (C=O) groups excluding carboxylic acids is 1. The normalized spacial score (nSPS) is 10.8. The van der Waals surface area contributed by atoms with Crippen LogP contribution < -0.4 is 5.43 Å². The zero-order valence-corrected chi connectivity index (χ0v) is 14.6. The SMILES string of the molecule is CCOC(=O)c1c[nH]c2ccc(Cc3cccc(Br)n3)cc2c1=O. The molecular weight excluding hydrogens is 372 g/mol. The molecule has 0 bridgehead atoms. The van der Waals surface area contributed by atoms with Gasteiger partial charge in [-0.3, -0.25) is 4.79 Å². The highest BCUT2D eigenvalue weighted by Crippen LogP contribution is 2.16. The lowest BCUT2D eigenvalue weighted by molar-refractivity contribution is 0.0524. The van der Waals surface area contributed by atoms with Crippen molar-refractivity contribution in [3.63, 3.8) is 0 Å². The number of esters is 1. The van der Waals surface area contributed by atoms with E-state index in [0.29, 0.717) is 17.3 Å². The molecule has 0 radical (unpaired) electrons. The maximum Gasteiger partial charge on any atom is 0.343 e. The third kappa shape index (κ3) is 3.38. The summed E-state index contributed by atoms with van der Waals surface area (Å²) in [6.45, 7) is 1.93. The molecule has 0 atom stereocenters. The Balaban J connectivity index is 2.01. The first kappa shape index (κ1) is 16.4. The van der Waals surface area contributed by atoms with Gasteiger partial charge in [0.25, 0.3) is 0 Å². The van der Waals surface area contributed by atoms with Crippen molar-refractivity contribution in [2.45, 2.75) is 13.3 Å². The Bertz CT molecular complexity index is 966. The fourth-order valence-corrected chi connectivity index (χ4v) is 2.87. The Morgan fingerprint density at radius 3 is 2.88 bits per heavy atom. The van der Waals surface area contributed by atoms with E-state index in [0.717, 1.165) is 15.9 Å². The number of fused-ring (bicyclic) bond motifs is 1. The topological polar surface area (TPSA) is 72.1 Å². The Labute approximate surface area is 146 Å². The van der Waals surface area contributed by atoms with E-state index in [1.165, 1.54) is 6.20 Å². The number of hydrogen-bond acceptors (Lipinski definition) is 4. The van der Waals surface area contributed by atoms with Crippen LogP contribution in [0.1, 0.15) is 28.5 Å². The van der Waals surface area contributed by atoms with E-state index in [2.05, 4.69) is 25.9 Å². The molecule has 3 aromatic rings. The van der Waals surface area contributed by atoms with Crippen LogP contribution in [0.25, 0.3) is 10.9 Å². The Kier molecular flexibility index (Phi) is 4.76. The number of halogens is 1. The molecule has 3 rings (SSSR count). The van der Waals surface area contributed by atoms with E-state index in [9.17, 15) is 9.59 Å². The summed E-state index contributed by atoms with van der Waals surface area (Å²) in [5.74, 6) is -0.611. The summed E-state index contributed by atoms with van der Waals surface area (Å²) in [4.78, 5) is 31.8. The molecule has 0 amide bonds. The molecule has 0 aliphatic carbocycles. The van der Waals surface area contributed by atoms with Crippen LogP contribution in [0.3, 0.4) is 0 Å². The van der Waals surface area contributed by atoms with Crippen LogP contribution >= 0.6 is 15.9 Å². The van der Waals surface area contributed by atoms with Gasteiger partial charge >= 0.3 is 5.97 Å². The second-order valence-electron chi connectivity index (χ2n) is 5.26. The van der Waals surface area contributed by atoms with Gasteiger partial charge in [-0.1, -0.05) is 12.1 Å². The Hall–Kier alpha value is -2.47. The largest absolute Gasteiger partial charge is 0.462 e. The average molecular weight is 387 g/mol. The van der Waals surface area contributed by atoms with Gasteiger partial charge in [0.05, 0.1) is 6.61 Å². The van der Waals surface area contributed by atoms with Crippen molar-refractivity contribution < 1.29 is 9.53 Å². The lowest BCUT2D eigenvalue weighted by Gasteiger charge is -2.06. The van der Waals surface area contributed by atoms with E-state index >= 15 is 0 Å². The number of nitrogens with one attached hydrogen (secondary N) is 1. The third-order valence-electron chi connectivity index (χ3n) is 3.60. The van der Waals surface area contributed by atoms with Crippen LogP contribution in [0.15, 0.2) is 52.0 Å². The van der Waals surface area contributed by atoms with Gasteiger partial charge < -0.3 is 9.72 Å². The lowest BCUT2D eigenvalue weighted by atomic mass is 10.0. The molecule has 24 heavy (non-hydrogen) atoms. The molecule has 122 valence electrons. The van der Waals surface area contributed by atoms with Crippen molar-refractivity contribution in [1.82, 2.24) is 9.97 Å². The minimum Gasteiger partial charge on any atom is -0.462 e. The van der Waals surface area contributed by atoms with Gasteiger partial charge in [0, 0.05) is 29.2 Å². The number of ether oxygens (including phenoxy) is 1. The summed E-state index contributed by atoms with van der Waals surface area (Å²) in [5, 5.41) is 0.466. The molecule has 5 nitrogen and oxygen atoms in total. The van der Waals surface area contributed by atoms with E-state index in [1.54, 1.807) is 13.0 Å². The smallest absolute Gasteiger partial charge is 0.343 e. The van der Waals surface area contributed by atoms with Crippen LogP contribution in [0, 0.1) is 0 Å². The number of benzene rings is 1. The number of pyridine rings is 2. The molecule has 2 heterocycles. The van der Waals surface area contributed by atoms with Gasteiger partial charge in [-0.05, 0) is 52.7 Å². The van der Waals surface area contributed by atoms with Gasteiger partial charge in [-0.15, -0.1) is 0 Å². The van der Waals surface area contributed by atoms with Crippen LogP contribution in [0.5, 0.6) is 0 Å². The van der Waals surface area contributed by atoms with Crippen molar-refractivity contribution in [3.8, 4) is 0 Å². The van der Waals surface area contributed by atoms with Crippen LogP contribution in [-0.4, -0.2) is 22.5 Å². The number of hydrogen-bond donors (Lipinski definition) is 1. The molecule has 0 saturated heterocycles. The highest BCUT2D eigenvalue weighted by Gasteiger charge is 2.14. The highest BCUT2D eigenvalue weighted by atomic mass is 79.9. The van der Waals surface area contributed by atoms with E-state index in [4.69, 9.17) is 4.74 Å². The molecule has 0 fully saturated rings. The molecule has 1 aromatic carbocycles. The molecule has 0 aliphatic rings. The molecule has 1 N–H and O–H groups in total. The number of H-pyrrole nitrogens is 1. The zero-order chi connectivity index (χ0) is 17.1. The van der Waals surface area contributed by atoms with Gasteiger partial charge in [-0.25, -0.2) is 9.78 Å². The molecule has 0 saturated carbocycles. The fraction of sp³-hybridized carbons (Fsp3) is 0.167. The lowest BCUT2D eigenvalue weighted by Crippen LogP contribution is -2.18. The predicted molar refractivity (Wildman–Crippen MR) is 95.3 cm³/mol. The van der Waals surface area contributed by atoms with Crippen LogP contribution in [-0.2, 0) is 11.2 Å². The molecule has 2 aromatic heterocycles. The summed E-state index contributed by atoms with van der Waals surface area (Å²) in [5.41, 5.74) is 2.20. The maximum absolute atomic E-state index is 12.6. The maximum atomic E-state index is 12.6. The summed E-state index contributed by atoms with van der Waals surface area (Å²) >= 11 is 3.35. The average Bonchev–Trinajstić information content (AvgIpc) is 2.56. The van der Waals surface area contributed by atoms with E-state index < -0.39 is 5.97 Å². The van der Waals surface area contributed by atoms with Gasteiger partial charge in [0.15, 0.2) is 0 Å². The van der Waals surface area contributed by atoms with Crippen molar-refractivity contribution in [1.29, 1.82) is 0 Å². The first-order valence-corrected chi connectivity index (χ1v) is 8.30. The standard InChI is InChI=1S/C18H15BrN2O3/c1-2-24-18(23)14-10-20-15-7-6-11(9-13(15)17(14)22)8-12-4-3-5-16(19)21-12/h3-7,9-10H,2,8H2,1H3,(H,20,22). The fourth-order valence-electron chi connectivity index (χ4n) is 2.49.